The van der Waals surface area contributed by atoms with Crippen LogP contribution in [-0.2, 0) is 31.9 Å². The van der Waals surface area contributed by atoms with Crippen LogP contribution < -0.4 is 9.30 Å². The standard InChI is InChI=1S/C62H50N4O.Pt/c1-61(2,3)46-33-34-63-59(38-46)66-55-28-17-16-27-51(55)52-31-30-50(40-57(52)66)67-49-26-18-25-48(39-49)64-41-65(56-32-29-45(35-58(56)64)42-19-10-7-11-20-42)60-53(43-21-12-8-13-22-43)36-47(62(4,5)6)37-54(60)44-23-14-9-15-24-44;/h7-38H,1-6H3;/q-2;/i7D,8D,9D,10D,11D,12D,13D,14D,15D,19D,20D,21D,22D,23D,24D;. The van der Waals surface area contributed by atoms with E-state index in [1.165, 1.54) is 4.57 Å². The Bertz CT molecular complexity index is 4360. The number of rotatable bonds is 8. The van der Waals surface area contributed by atoms with Gasteiger partial charge in [-0.25, -0.2) is 4.98 Å². The van der Waals surface area contributed by atoms with Crippen LogP contribution >= 0.6 is 0 Å². The van der Waals surface area contributed by atoms with Crippen molar-refractivity contribution < 1.29 is 50.9 Å². The molecular formula is C62H50N4OPt-2. The number of imidazole rings is 1. The first-order valence-electron chi connectivity index (χ1n) is 29.2. The molecule has 0 bridgehead atoms. The summed E-state index contributed by atoms with van der Waals surface area (Å²) < 4.78 is 145. The molecule has 3 heterocycles. The molecule has 11 rings (SSSR count). The molecule has 8 aromatic carbocycles. The summed E-state index contributed by atoms with van der Waals surface area (Å²) in [7, 11) is 0. The van der Waals surface area contributed by atoms with Gasteiger partial charge in [-0.3, -0.25) is 4.57 Å². The van der Waals surface area contributed by atoms with Gasteiger partial charge in [0.2, 0.25) is 0 Å². The van der Waals surface area contributed by atoms with Crippen molar-refractivity contribution in [3.05, 3.63) is 223 Å². The van der Waals surface area contributed by atoms with Gasteiger partial charge in [0.1, 0.15) is 5.82 Å². The van der Waals surface area contributed by atoms with E-state index in [0.717, 1.165) is 21.9 Å². The van der Waals surface area contributed by atoms with Crippen molar-refractivity contribution in [3.8, 4) is 62.1 Å². The zero-order chi connectivity index (χ0) is 58.9. The van der Waals surface area contributed by atoms with E-state index in [1.807, 2.05) is 61.7 Å². The van der Waals surface area contributed by atoms with E-state index >= 15 is 0 Å². The molecule has 5 nitrogen and oxygen atoms in total. The molecular weight excluding hydrogens is 1010 g/mol. The molecule has 0 aliphatic rings. The molecule has 0 atom stereocenters. The third-order valence-corrected chi connectivity index (χ3v) is 11.8. The molecule has 0 saturated carbocycles. The quantitative estimate of drug-likeness (QED) is 0.112. The fourth-order valence-corrected chi connectivity index (χ4v) is 8.39. The summed E-state index contributed by atoms with van der Waals surface area (Å²) in [6.45, 7) is 12.1. The smallest absolute Gasteiger partial charge is 0.268 e. The van der Waals surface area contributed by atoms with Gasteiger partial charge in [0, 0.05) is 44.3 Å². The van der Waals surface area contributed by atoms with Crippen molar-refractivity contribution >= 4 is 32.8 Å². The van der Waals surface area contributed by atoms with Crippen LogP contribution in [0, 0.1) is 18.5 Å². The van der Waals surface area contributed by atoms with Crippen LogP contribution in [0.25, 0.3) is 83.4 Å². The molecule has 0 unspecified atom stereocenters. The first kappa shape index (κ1) is 30.1. The molecule has 3 aromatic heterocycles. The van der Waals surface area contributed by atoms with Crippen LogP contribution in [0.3, 0.4) is 0 Å². The maximum absolute atomic E-state index is 9.34. The van der Waals surface area contributed by atoms with Crippen LogP contribution in [0.4, 0.5) is 0 Å². The van der Waals surface area contributed by atoms with Crippen molar-refractivity contribution in [2.24, 2.45) is 0 Å². The predicted molar refractivity (Wildman–Crippen MR) is 274 cm³/mol. The van der Waals surface area contributed by atoms with Crippen molar-refractivity contribution in [1.29, 1.82) is 0 Å². The van der Waals surface area contributed by atoms with Gasteiger partial charge in [-0.05, 0) is 90.7 Å². The molecule has 0 aliphatic heterocycles. The summed E-state index contributed by atoms with van der Waals surface area (Å²) in [4.78, 5) is 4.80. The Kier molecular flexibility index (Phi) is 7.85. The topological polar surface area (TPSA) is 35.9 Å². The molecule has 0 spiro atoms. The second-order valence-electron chi connectivity index (χ2n) is 18.2. The first-order valence-corrected chi connectivity index (χ1v) is 21.7. The van der Waals surface area contributed by atoms with Gasteiger partial charge in [0.05, 0.1) is 37.3 Å². The van der Waals surface area contributed by atoms with E-state index in [4.69, 9.17) is 24.8 Å². The summed E-state index contributed by atoms with van der Waals surface area (Å²) >= 11 is 0. The maximum Gasteiger partial charge on any atom is 0.268 e. The van der Waals surface area contributed by atoms with Gasteiger partial charge in [-0.2, -0.15) is 18.2 Å². The Morgan fingerprint density at radius 2 is 1.19 bits per heavy atom. The average molecular weight is 1080 g/mol. The van der Waals surface area contributed by atoms with Crippen LogP contribution in [0.15, 0.2) is 194 Å². The van der Waals surface area contributed by atoms with Gasteiger partial charge in [0.25, 0.3) is 6.33 Å². The summed E-state index contributed by atoms with van der Waals surface area (Å²) in [5, 5.41) is 1.90. The van der Waals surface area contributed by atoms with Crippen molar-refractivity contribution in [1.82, 2.24) is 14.1 Å². The normalized spacial score (nSPS) is 14.9. The van der Waals surface area contributed by atoms with Crippen LogP contribution in [-0.4, -0.2) is 14.1 Å². The van der Waals surface area contributed by atoms with E-state index in [9.17, 15) is 5.48 Å². The molecule has 6 heteroatoms. The number of hydrogen-bond donors (Lipinski definition) is 0. The molecule has 336 valence electrons. The second kappa shape index (κ2) is 17.7. The molecule has 0 fully saturated rings. The fraction of sp³-hybridized carbons (Fsp3) is 0.129. The summed E-state index contributed by atoms with van der Waals surface area (Å²) in [5.41, 5.74) is 2.87. The number of fused-ring (bicyclic) bond motifs is 4. The SMILES string of the molecule is [2H]c1c([2H])c([2H])c(-c2ccc3c(c2)n(-c2[c-]c(Oc4[c-]c5c(cc4)c4ccccc4n5-c4cc(C(C)(C)C)ccn4)ccc2)[c-][n+]3-c2c(-c3c([2H])c([2H])c([2H])c([2H])c3[2H])cc(C(C)(C)C)cc2-c2c([2H])c([2H])c([2H])c([2H])c2[2H])c([2H])c1[2H].[Pt]. The number of ether oxygens (including phenoxy) is 1. The van der Waals surface area contributed by atoms with Crippen LogP contribution in [0.2, 0.25) is 0 Å². The third kappa shape index (κ3) is 8.26. The maximum atomic E-state index is 9.34. The largest absolute Gasteiger partial charge is 0.510 e. The van der Waals surface area contributed by atoms with E-state index in [0.29, 0.717) is 22.6 Å². The molecule has 0 amide bonds. The summed E-state index contributed by atoms with van der Waals surface area (Å²) in [6, 6.07) is 27.2. The number of pyridine rings is 1. The zero-order valence-corrected chi connectivity index (χ0v) is 40.1. The molecule has 11 aromatic rings. The Labute approximate surface area is 434 Å². The number of aromatic nitrogens is 4. The molecule has 0 saturated heterocycles. The van der Waals surface area contributed by atoms with Gasteiger partial charge in [-0.15, -0.1) is 29.7 Å². The second-order valence-corrected chi connectivity index (χ2v) is 18.2. The van der Waals surface area contributed by atoms with E-state index in [1.54, 1.807) is 65.4 Å². The molecule has 0 N–H and O–H groups in total. The van der Waals surface area contributed by atoms with E-state index < -0.39 is 96.1 Å². The average Bonchev–Trinajstić information content (AvgIpc) is 3.80. The zero-order valence-electron chi connectivity index (χ0n) is 52.8. The number of nitrogens with zero attached hydrogens (tertiary/aromatic N) is 4. The minimum Gasteiger partial charge on any atom is -0.510 e. The Balaban J connectivity index is 0.00000769. The van der Waals surface area contributed by atoms with Crippen molar-refractivity contribution in [3.63, 3.8) is 0 Å². The minimum atomic E-state index is -0.744. The molecule has 0 aliphatic carbocycles. The van der Waals surface area contributed by atoms with Crippen LogP contribution in [0.5, 0.6) is 11.5 Å². The van der Waals surface area contributed by atoms with Gasteiger partial charge < -0.3 is 13.9 Å². The molecule has 68 heavy (non-hydrogen) atoms. The fourth-order valence-electron chi connectivity index (χ4n) is 8.39. The Morgan fingerprint density at radius 3 is 1.85 bits per heavy atom. The number of benzene rings is 8. The Hall–Kier alpha value is -7.33. The molecule has 0 radical (unpaired) electrons. The van der Waals surface area contributed by atoms with Gasteiger partial charge in [-0.1, -0.05) is 180 Å². The minimum absolute atomic E-state index is 0. The van der Waals surface area contributed by atoms with Crippen molar-refractivity contribution in [2.45, 2.75) is 52.4 Å². The summed E-state index contributed by atoms with van der Waals surface area (Å²) in [6.07, 6.45) is 5.19. The van der Waals surface area contributed by atoms with Gasteiger partial charge >= 0.3 is 0 Å². The van der Waals surface area contributed by atoms with E-state index in [2.05, 4.69) is 45.3 Å². The predicted octanol–water partition coefficient (Wildman–Crippen LogP) is 15.2. The first-order chi connectivity index (χ1) is 38.7. The number of para-hydroxylation sites is 1. The monoisotopic (exact) mass is 1080 g/mol. The Morgan fingerprint density at radius 1 is 0.559 bits per heavy atom. The summed E-state index contributed by atoms with van der Waals surface area (Å²) in [5.74, 6) is 1.26. The third-order valence-electron chi connectivity index (χ3n) is 11.8. The van der Waals surface area contributed by atoms with E-state index in [-0.39, 0.29) is 88.0 Å². The van der Waals surface area contributed by atoms with Crippen LogP contribution in [0.1, 0.15) is 73.2 Å². The van der Waals surface area contributed by atoms with Gasteiger partial charge in [0.15, 0.2) is 0 Å². The number of hydrogen-bond acceptors (Lipinski definition) is 2. The van der Waals surface area contributed by atoms with Crippen molar-refractivity contribution in [2.75, 3.05) is 0 Å².